The Bertz CT molecular complexity index is 587. The average Bonchev–Trinajstić information content (AvgIpc) is 2.81. The molecular formula is C15H23FN2O2S. The van der Waals surface area contributed by atoms with Crippen LogP contribution in [0.2, 0.25) is 0 Å². The van der Waals surface area contributed by atoms with Crippen LogP contribution in [0.3, 0.4) is 0 Å². The SMILES string of the molecule is CC(C)NCCCCS(=O)(=O)N1CCc2ccc(F)cc21. The van der Waals surface area contributed by atoms with Crippen molar-refractivity contribution in [3.63, 3.8) is 0 Å². The van der Waals surface area contributed by atoms with Gasteiger partial charge in [-0.15, -0.1) is 0 Å². The third-order valence-electron chi connectivity index (χ3n) is 3.62. The molecule has 0 atom stereocenters. The summed E-state index contributed by atoms with van der Waals surface area (Å²) in [5.74, 6) is -0.278. The second kappa shape index (κ2) is 6.75. The molecule has 0 amide bonds. The molecule has 0 aliphatic carbocycles. The molecule has 1 aliphatic heterocycles. The van der Waals surface area contributed by atoms with Crippen LogP contribution in [0.25, 0.3) is 0 Å². The van der Waals surface area contributed by atoms with Crippen LogP contribution in [0, 0.1) is 5.82 Å². The average molecular weight is 314 g/mol. The molecule has 1 aromatic carbocycles. The lowest BCUT2D eigenvalue weighted by molar-refractivity contribution is 0.559. The lowest BCUT2D eigenvalue weighted by Gasteiger charge is -2.19. The first-order chi connectivity index (χ1) is 9.90. The van der Waals surface area contributed by atoms with Gasteiger partial charge in [0.25, 0.3) is 0 Å². The number of sulfonamides is 1. The third-order valence-corrected chi connectivity index (χ3v) is 5.47. The molecule has 21 heavy (non-hydrogen) atoms. The maximum Gasteiger partial charge on any atom is 0.235 e. The monoisotopic (exact) mass is 314 g/mol. The van der Waals surface area contributed by atoms with E-state index in [1.807, 2.05) is 0 Å². The minimum Gasteiger partial charge on any atom is -0.315 e. The number of nitrogens with one attached hydrogen (secondary N) is 1. The summed E-state index contributed by atoms with van der Waals surface area (Å²) >= 11 is 0. The van der Waals surface area contributed by atoms with Crippen molar-refractivity contribution in [2.24, 2.45) is 0 Å². The van der Waals surface area contributed by atoms with Crippen molar-refractivity contribution in [3.8, 4) is 0 Å². The zero-order valence-corrected chi connectivity index (χ0v) is 13.4. The standard InChI is InChI=1S/C15H23FN2O2S/c1-12(2)17-8-3-4-10-21(19,20)18-9-7-13-5-6-14(16)11-15(13)18/h5-6,11-12,17H,3-4,7-10H2,1-2H3. The summed E-state index contributed by atoms with van der Waals surface area (Å²) in [5, 5.41) is 3.27. The fraction of sp³-hybridized carbons (Fsp3) is 0.600. The fourth-order valence-corrected chi connectivity index (χ4v) is 4.15. The van der Waals surface area contributed by atoms with Crippen molar-refractivity contribution < 1.29 is 12.8 Å². The number of unbranched alkanes of at least 4 members (excludes halogenated alkanes) is 1. The molecule has 6 heteroatoms. The Balaban J connectivity index is 1.94. The number of anilines is 1. The second-order valence-corrected chi connectivity index (χ2v) is 7.74. The van der Waals surface area contributed by atoms with Crippen LogP contribution in [-0.2, 0) is 16.4 Å². The van der Waals surface area contributed by atoms with E-state index in [0.29, 0.717) is 31.1 Å². The Morgan fingerprint density at radius 2 is 2.10 bits per heavy atom. The number of benzene rings is 1. The van der Waals surface area contributed by atoms with Gasteiger partial charge in [-0.05, 0) is 43.5 Å². The Morgan fingerprint density at radius 1 is 1.33 bits per heavy atom. The van der Waals surface area contributed by atoms with Crippen LogP contribution in [0.4, 0.5) is 10.1 Å². The van der Waals surface area contributed by atoms with Gasteiger partial charge in [-0.3, -0.25) is 4.31 Å². The van der Waals surface area contributed by atoms with Crippen molar-refractivity contribution >= 4 is 15.7 Å². The number of hydrogen-bond acceptors (Lipinski definition) is 3. The van der Waals surface area contributed by atoms with Gasteiger partial charge < -0.3 is 5.32 Å². The molecule has 0 saturated heterocycles. The van der Waals surface area contributed by atoms with Gasteiger partial charge >= 0.3 is 0 Å². The number of rotatable bonds is 7. The van der Waals surface area contributed by atoms with Gasteiger partial charge in [0.05, 0.1) is 11.4 Å². The first-order valence-corrected chi connectivity index (χ1v) is 9.03. The van der Waals surface area contributed by atoms with Crippen LogP contribution >= 0.6 is 0 Å². The molecule has 0 radical (unpaired) electrons. The molecule has 118 valence electrons. The largest absolute Gasteiger partial charge is 0.315 e. The molecule has 0 unspecified atom stereocenters. The summed E-state index contributed by atoms with van der Waals surface area (Å²) < 4.78 is 39.5. The van der Waals surface area contributed by atoms with Crippen molar-refractivity contribution in [1.82, 2.24) is 5.32 Å². The second-order valence-electron chi connectivity index (χ2n) is 5.73. The van der Waals surface area contributed by atoms with E-state index in [1.165, 1.54) is 16.4 Å². The lowest BCUT2D eigenvalue weighted by Crippen LogP contribution is -2.32. The first kappa shape index (κ1) is 16.2. The highest BCUT2D eigenvalue weighted by atomic mass is 32.2. The van der Waals surface area contributed by atoms with E-state index in [-0.39, 0.29) is 5.75 Å². The highest BCUT2D eigenvalue weighted by Gasteiger charge is 2.29. The van der Waals surface area contributed by atoms with Gasteiger partial charge in [-0.25, -0.2) is 12.8 Å². The minimum absolute atomic E-state index is 0.114. The van der Waals surface area contributed by atoms with Gasteiger partial charge in [0.15, 0.2) is 0 Å². The van der Waals surface area contributed by atoms with E-state index < -0.39 is 15.8 Å². The van der Waals surface area contributed by atoms with E-state index in [0.717, 1.165) is 18.5 Å². The van der Waals surface area contributed by atoms with Crippen LogP contribution < -0.4 is 9.62 Å². The predicted molar refractivity (Wildman–Crippen MR) is 83.6 cm³/mol. The smallest absolute Gasteiger partial charge is 0.235 e. The van der Waals surface area contributed by atoms with Crippen LogP contribution in [0.1, 0.15) is 32.3 Å². The van der Waals surface area contributed by atoms with Crippen molar-refractivity contribution in [2.45, 2.75) is 39.2 Å². The maximum absolute atomic E-state index is 13.3. The third kappa shape index (κ3) is 4.17. The summed E-state index contributed by atoms with van der Waals surface area (Å²) in [6.07, 6.45) is 2.09. The van der Waals surface area contributed by atoms with E-state index in [1.54, 1.807) is 6.07 Å². The van der Waals surface area contributed by atoms with E-state index >= 15 is 0 Å². The van der Waals surface area contributed by atoms with Gasteiger partial charge in [-0.1, -0.05) is 19.9 Å². The normalized spacial score (nSPS) is 14.8. The molecule has 0 spiro atoms. The quantitative estimate of drug-likeness (QED) is 0.786. The van der Waals surface area contributed by atoms with Gasteiger partial charge in [0, 0.05) is 12.6 Å². The molecule has 1 heterocycles. The molecular weight excluding hydrogens is 291 g/mol. The van der Waals surface area contributed by atoms with Crippen molar-refractivity contribution in [3.05, 3.63) is 29.6 Å². The molecule has 1 N–H and O–H groups in total. The summed E-state index contributed by atoms with van der Waals surface area (Å²) in [4.78, 5) is 0. The molecule has 1 aliphatic rings. The number of halogens is 1. The zero-order valence-electron chi connectivity index (χ0n) is 12.6. The number of hydrogen-bond donors (Lipinski definition) is 1. The fourth-order valence-electron chi connectivity index (χ4n) is 2.52. The summed E-state index contributed by atoms with van der Waals surface area (Å²) in [6.45, 7) is 5.36. The summed E-state index contributed by atoms with van der Waals surface area (Å²) in [6, 6.07) is 4.79. The Morgan fingerprint density at radius 3 is 2.81 bits per heavy atom. The molecule has 4 nitrogen and oxygen atoms in total. The van der Waals surface area contributed by atoms with Crippen LogP contribution in [0.15, 0.2) is 18.2 Å². The van der Waals surface area contributed by atoms with E-state index in [2.05, 4.69) is 19.2 Å². The van der Waals surface area contributed by atoms with Crippen molar-refractivity contribution in [2.75, 3.05) is 23.1 Å². The van der Waals surface area contributed by atoms with Crippen LogP contribution in [0.5, 0.6) is 0 Å². The Labute approximate surface area is 126 Å². The van der Waals surface area contributed by atoms with Gasteiger partial charge in [0.2, 0.25) is 10.0 Å². The summed E-state index contributed by atoms with van der Waals surface area (Å²) in [7, 11) is -3.35. The minimum atomic E-state index is -3.35. The molecule has 0 fully saturated rings. The van der Waals surface area contributed by atoms with Crippen LogP contribution in [-0.4, -0.2) is 33.3 Å². The van der Waals surface area contributed by atoms with E-state index in [4.69, 9.17) is 0 Å². The molecule has 0 aromatic heterocycles. The number of fused-ring (bicyclic) bond motifs is 1. The highest BCUT2D eigenvalue weighted by molar-refractivity contribution is 7.92. The molecule has 1 aromatic rings. The molecule has 0 saturated carbocycles. The van der Waals surface area contributed by atoms with Gasteiger partial charge in [-0.2, -0.15) is 0 Å². The molecule has 2 rings (SSSR count). The lowest BCUT2D eigenvalue weighted by atomic mass is 10.2. The first-order valence-electron chi connectivity index (χ1n) is 7.42. The summed E-state index contributed by atoms with van der Waals surface area (Å²) in [5.41, 5.74) is 1.41. The van der Waals surface area contributed by atoms with Crippen molar-refractivity contribution in [1.29, 1.82) is 0 Å². The zero-order chi connectivity index (χ0) is 15.5. The predicted octanol–water partition coefficient (Wildman–Crippen LogP) is 2.30. The highest BCUT2D eigenvalue weighted by Crippen LogP contribution is 2.31. The Hall–Kier alpha value is -1.14. The molecule has 0 bridgehead atoms. The Kier molecular flexibility index (Phi) is 5.22. The van der Waals surface area contributed by atoms with E-state index in [9.17, 15) is 12.8 Å². The maximum atomic E-state index is 13.3. The van der Waals surface area contributed by atoms with Gasteiger partial charge in [0.1, 0.15) is 5.82 Å². The topological polar surface area (TPSA) is 49.4 Å². The number of nitrogens with zero attached hydrogens (tertiary/aromatic N) is 1.